The van der Waals surface area contributed by atoms with Crippen LogP contribution in [0.15, 0.2) is 29.2 Å². The van der Waals surface area contributed by atoms with Crippen LogP contribution >= 0.6 is 0 Å². The largest absolute Gasteiger partial charge is 0.480 e. The normalized spacial score (nSPS) is 22.6. The number of rotatable bonds is 4. The maximum absolute atomic E-state index is 12.8. The van der Waals surface area contributed by atoms with Crippen LogP contribution in [0.5, 0.6) is 0 Å². The van der Waals surface area contributed by atoms with Crippen LogP contribution in [0.2, 0.25) is 0 Å². The molecule has 2 aliphatic rings. The average molecular weight is 394 g/mol. The zero-order chi connectivity index (χ0) is 19.6. The second-order valence-electron chi connectivity index (χ2n) is 7.37. The number of carbonyl (C=O) groups is 2. The topological polar surface area (TPSA) is 95.0 Å². The molecule has 3 rings (SSSR count). The monoisotopic (exact) mass is 394 g/mol. The number of benzene rings is 1. The molecule has 0 bridgehead atoms. The fourth-order valence-corrected chi connectivity index (χ4v) is 5.36. The Bertz CT molecular complexity index is 798. The minimum Gasteiger partial charge on any atom is -0.480 e. The standard InChI is InChI=1S/C19H26N2O5S/c1-14-5-7-16(8-6-14)27(25,26)20-12-9-15(10-13-20)18(22)21-11-3-2-4-17(21)19(23)24/h5-8,15,17H,2-4,9-13H2,1H3,(H,23,24)/t17-/m1/s1. The van der Waals surface area contributed by atoms with Crippen molar-refractivity contribution in [3.8, 4) is 0 Å². The summed E-state index contributed by atoms with van der Waals surface area (Å²) < 4.78 is 27.0. The summed E-state index contributed by atoms with van der Waals surface area (Å²) >= 11 is 0. The van der Waals surface area contributed by atoms with Gasteiger partial charge in [-0.2, -0.15) is 4.31 Å². The Balaban J connectivity index is 1.65. The zero-order valence-electron chi connectivity index (χ0n) is 15.5. The van der Waals surface area contributed by atoms with E-state index in [-0.39, 0.29) is 29.8 Å². The van der Waals surface area contributed by atoms with Gasteiger partial charge in [-0.05, 0) is 51.2 Å². The summed E-state index contributed by atoms with van der Waals surface area (Å²) in [5.74, 6) is -1.41. The Kier molecular flexibility index (Phi) is 5.86. The molecule has 1 amide bonds. The van der Waals surface area contributed by atoms with Crippen molar-refractivity contribution in [1.29, 1.82) is 0 Å². The summed E-state index contributed by atoms with van der Waals surface area (Å²) in [6.07, 6.45) is 2.96. The van der Waals surface area contributed by atoms with E-state index in [4.69, 9.17) is 0 Å². The third-order valence-electron chi connectivity index (χ3n) is 5.53. The highest BCUT2D eigenvalue weighted by molar-refractivity contribution is 7.89. The second-order valence-corrected chi connectivity index (χ2v) is 9.31. The molecule has 7 nitrogen and oxygen atoms in total. The molecule has 1 N–H and O–H groups in total. The fraction of sp³-hybridized carbons (Fsp3) is 0.579. The van der Waals surface area contributed by atoms with Crippen LogP contribution in [0.25, 0.3) is 0 Å². The lowest BCUT2D eigenvalue weighted by Gasteiger charge is -2.38. The van der Waals surface area contributed by atoms with E-state index in [1.165, 1.54) is 9.21 Å². The van der Waals surface area contributed by atoms with E-state index in [1.54, 1.807) is 24.3 Å². The molecule has 27 heavy (non-hydrogen) atoms. The number of hydrogen-bond donors (Lipinski definition) is 1. The van der Waals surface area contributed by atoms with Gasteiger partial charge in [-0.3, -0.25) is 4.79 Å². The van der Waals surface area contributed by atoms with Gasteiger partial charge >= 0.3 is 5.97 Å². The molecule has 2 saturated heterocycles. The number of carboxylic acids is 1. The molecular formula is C19H26N2O5S. The lowest BCUT2D eigenvalue weighted by molar-refractivity contribution is -0.154. The Morgan fingerprint density at radius 1 is 1.00 bits per heavy atom. The summed E-state index contributed by atoms with van der Waals surface area (Å²) in [4.78, 5) is 26.0. The number of amides is 1. The van der Waals surface area contributed by atoms with Crippen LogP contribution in [-0.4, -0.2) is 60.3 Å². The number of piperidine rings is 2. The molecule has 2 fully saturated rings. The highest BCUT2D eigenvalue weighted by Crippen LogP contribution is 2.28. The van der Waals surface area contributed by atoms with E-state index in [9.17, 15) is 23.1 Å². The van der Waals surface area contributed by atoms with Crippen molar-refractivity contribution in [2.75, 3.05) is 19.6 Å². The van der Waals surface area contributed by atoms with Crippen LogP contribution < -0.4 is 0 Å². The number of aliphatic carboxylic acids is 1. The predicted octanol–water partition coefficient (Wildman–Crippen LogP) is 1.86. The third-order valence-corrected chi connectivity index (χ3v) is 7.45. The van der Waals surface area contributed by atoms with E-state index in [0.29, 0.717) is 25.8 Å². The van der Waals surface area contributed by atoms with Crippen LogP contribution in [0.3, 0.4) is 0 Å². The van der Waals surface area contributed by atoms with Gasteiger partial charge in [0.2, 0.25) is 15.9 Å². The first kappa shape index (κ1) is 19.8. The van der Waals surface area contributed by atoms with Gasteiger partial charge in [0.15, 0.2) is 0 Å². The summed E-state index contributed by atoms with van der Waals surface area (Å²) in [5.41, 5.74) is 0.993. The second kappa shape index (κ2) is 7.98. The molecule has 0 aromatic heterocycles. The lowest BCUT2D eigenvalue weighted by Crippen LogP contribution is -2.52. The van der Waals surface area contributed by atoms with E-state index < -0.39 is 22.0 Å². The highest BCUT2D eigenvalue weighted by Gasteiger charge is 2.38. The minimum atomic E-state index is -3.56. The smallest absolute Gasteiger partial charge is 0.326 e. The van der Waals surface area contributed by atoms with Crippen molar-refractivity contribution in [2.45, 2.75) is 50.0 Å². The van der Waals surface area contributed by atoms with Gasteiger partial charge in [0.05, 0.1) is 4.90 Å². The first-order valence-electron chi connectivity index (χ1n) is 9.41. The van der Waals surface area contributed by atoms with Gasteiger partial charge in [-0.1, -0.05) is 17.7 Å². The van der Waals surface area contributed by atoms with Crippen LogP contribution in [0, 0.1) is 12.8 Å². The first-order valence-corrected chi connectivity index (χ1v) is 10.8. The number of sulfonamides is 1. The Labute approximate surface area is 160 Å². The van der Waals surface area contributed by atoms with E-state index >= 15 is 0 Å². The van der Waals surface area contributed by atoms with Crippen LogP contribution in [0.4, 0.5) is 0 Å². The first-order chi connectivity index (χ1) is 12.8. The van der Waals surface area contributed by atoms with Crippen molar-refractivity contribution >= 4 is 21.9 Å². The average Bonchev–Trinajstić information content (AvgIpc) is 2.68. The molecule has 0 aliphatic carbocycles. The molecular weight excluding hydrogens is 368 g/mol. The van der Waals surface area contributed by atoms with Gasteiger partial charge in [-0.25, -0.2) is 13.2 Å². The molecule has 0 spiro atoms. The summed E-state index contributed by atoms with van der Waals surface area (Å²) in [5, 5.41) is 9.37. The van der Waals surface area contributed by atoms with Gasteiger partial charge in [0.25, 0.3) is 0 Å². The summed E-state index contributed by atoms with van der Waals surface area (Å²) in [6, 6.07) is 6.00. The fourth-order valence-electron chi connectivity index (χ4n) is 3.89. The highest BCUT2D eigenvalue weighted by atomic mass is 32.2. The third kappa shape index (κ3) is 4.16. The van der Waals surface area contributed by atoms with Crippen molar-refractivity contribution < 1.29 is 23.1 Å². The molecule has 1 atom stereocenters. The molecule has 0 saturated carbocycles. The van der Waals surface area contributed by atoms with Crippen molar-refractivity contribution in [3.63, 3.8) is 0 Å². The van der Waals surface area contributed by atoms with E-state index in [0.717, 1.165) is 18.4 Å². The van der Waals surface area contributed by atoms with E-state index in [2.05, 4.69) is 0 Å². The SMILES string of the molecule is Cc1ccc(S(=O)(=O)N2CCC(C(=O)N3CCCC[C@@H]3C(=O)O)CC2)cc1. The predicted molar refractivity (Wildman–Crippen MR) is 99.6 cm³/mol. The molecule has 0 unspecified atom stereocenters. The van der Waals surface area contributed by atoms with Crippen LogP contribution in [-0.2, 0) is 19.6 Å². The molecule has 2 aliphatic heterocycles. The molecule has 148 valence electrons. The Morgan fingerprint density at radius 2 is 1.63 bits per heavy atom. The van der Waals surface area contributed by atoms with Gasteiger partial charge in [0.1, 0.15) is 6.04 Å². The maximum Gasteiger partial charge on any atom is 0.326 e. The number of carboxylic acid groups (broad SMARTS) is 1. The lowest BCUT2D eigenvalue weighted by atomic mass is 9.93. The Morgan fingerprint density at radius 3 is 2.22 bits per heavy atom. The maximum atomic E-state index is 12.8. The van der Waals surface area contributed by atoms with Gasteiger partial charge < -0.3 is 10.0 Å². The summed E-state index contributed by atoms with van der Waals surface area (Å²) in [6.45, 7) is 2.92. The number of likely N-dealkylation sites (tertiary alicyclic amines) is 1. The van der Waals surface area contributed by atoms with Crippen molar-refractivity contribution in [3.05, 3.63) is 29.8 Å². The number of aryl methyl sites for hydroxylation is 1. The number of carbonyl (C=O) groups excluding carboxylic acids is 1. The molecule has 2 heterocycles. The minimum absolute atomic E-state index is 0.144. The van der Waals surface area contributed by atoms with Crippen molar-refractivity contribution in [2.24, 2.45) is 5.92 Å². The molecule has 1 aromatic rings. The number of nitrogens with zero attached hydrogens (tertiary/aromatic N) is 2. The van der Waals surface area contributed by atoms with Gasteiger partial charge in [0, 0.05) is 25.6 Å². The van der Waals surface area contributed by atoms with Crippen molar-refractivity contribution in [1.82, 2.24) is 9.21 Å². The number of hydrogen-bond acceptors (Lipinski definition) is 4. The van der Waals surface area contributed by atoms with Crippen LogP contribution in [0.1, 0.15) is 37.7 Å². The van der Waals surface area contributed by atoms with Gasteiger partial charge in [-0.15, -0.1) is 0 Å². The molecule has 0 radical (unpaired) electrons. The zero-order valence-corrected chi connectivity index (χ0v) is 16.3. The molecule has 8 heteroatoms. The quantitative estimate of drug-likeness (QED) is 0.841. The molecule has 1 aromatic carbocycles. The van der Waals surface area contributed by atoms with E-state index in [1.807, 2.05) is 6.92 Å². The summed E-state index contributed by atoms with van der Waals surface area (Å²) in [7, 11) is -3.56. The Hall–Kier alpha value is -1.93.